The maximum Gasteiger partial charge on any atom is 0.191 e. The number of benzene rings is 1. The largest absolute Gasteiger partial charge is 0.379 e. The van der Waals surface area contributed by atoms with E-state index in [1.54, 1.807) is 0 Å². The first kappa shape index (κ1) is 22.0. The fraction of sp³-hybridized carbons (Fsp3) is 0.682. The number of halogens is 1. The SMILES string of the molecule is CN=C(NCCC1CCN(C)CC1)NCC(c1ccc(F)cc1)N1CCOCC1. The minimum Gasteiger partial charge on any atom is -0.379 e. The molecule has 1 aromatic rings. The molecule has 162 valence electrons. The van der Waals surface area contributed by atoms with Crippen LogP contribution in [0.1, 0.15) is 30.9 Å². The maximum atomic E-state index is 13.4. The summed E-state index contributed by atoms with van der Waals surface area (Å²) in [5.74, 6) is 1.43. The predicted molar refractivity (Wildman–Crippen MR) is 116 cm³/mol. The Hall–Kier alpha value is -1.70. The minimum atomic E-state index is -0.200. The number of rotatable bonds is 7. The normalized spacial score (nSPS) is 21.1. The van der Waals surface area contributed by atoms with E-state index in [1.165, 1.54) is 44.5 Å². The molecule has 0 saturated carbocycles. The second kappa shape index (κ2) is 11.5. The first-order chi connectivity index (χ1) is 14.2. The average molecular weight is 406 g/mol. The van der Waals surface area contributed by atoms with E-state index in [2.05, 4.69) is 32.5 Å². The van der Waals surface area contributed by atoms with Crippen LogP contribution >= 0.6 is 0 Å². The van der Waals surface area contributed by atoms with Gasteiger partial charge in [-0.05, 0) is 63.0 Å². The molecule has 2 heterocycles. The van der Waals surface area contributed by atoms with Crippen molar-refractivity contribution < 1.29 is 9.13 Å². The smallest absolute Gasteiger partial charge is 0.191 e. The number of likely N-dealkylation sites (tertiary alicyclic amines) is 1. The summed E-state index contributed by atoms with van der Waals surface area (Å²) in [5.41, 5.74) is 1.11. The van der Waals surface area contributed by atoms with Gasteiger partial charge in [0, 0.05) is 33.2 Å². The van der Waals surface area contributed by atoms with Crippen LogP contribution < -0.4 is 10.6 Å². The third-order valence-corrected chi connectivity index (χ3v) is 6.11. The van der Waals surface area contributed by atoms with Crippen molar-refractivity contribution in [1.29, 1.82) is 0 Å². The number of hydrogen-bond donors (Lipinski definition) is 2. The van der Waals surface area contributed by atoms with Crippen molar-refractivity contribution in [3.8, 4) is 0 Å². The Kier molecular flexibility index (Phi) is 8.70. The van der Waals surface area contributed by atoms with E-state index in [0.717, 1.165) is 56.8 Å². The molecular weight excluding hydrogens is 369 g/mol. The van der Waals surface area contributed by atoms with Gasteiger partial charge in [-0.1, -0.05) is 12.1 Å². The van der Waals surface area contributed by atoms with Gasteiger partial charge in [-0.25, -0.2) is 4.39 Å². The van der Waals surface area contributed by atoms with Crippen molar-refractivity contribution in [3.05, 3.63) is 35.6 Å². The Balaban J connectivity index is 1.50. The van der Waals surface area contributed by atoms with Gasteiger partial charge in [0.25, 0.3) is 0 Å². The van der Waals surface area contributed by atoms with Crippen LogP contribution in [0.25, 0.3) is 0 Å². The second-order valence-electron chi connectivity index (χ2n) is 8.13. The molecule has 2 N–H and O–H groups in total. The molecular formula is C22H36FN5O. The van der Waals surface area contributed by atoms with Crippen LogP contribution in [0.2, 0.25) is 0 Å². The van der Waals surface area contributed by atoms with Crippen molar-refractivity contribution in [2.75, 3.05) is 66.6 Å². The average Bonchev–Trinajstić information content (AvgIpc) is 2.76. The van der Waals surface area contributed by atoms with E-state index in [4.69, 9.17) is 4.74 Å². The summed E-state index contributed by atoms with van der Waals surface area (Å²) < 4.78 is 18.9. The molecule has 0 spiro atoms. The lowest BCUT2D eigenvalue weighted by Crippen LogP contribution is -2.46. The number of aliphatic imine (C=N–C) groups is 1. The Labute approximate surface area is 174 Å². The Morgan fingerprint density at radius 2 is 1.83 bits per heavy atom. The molecule has 1 unspecified atom stereocenters. The molecule has 1 atom stereocenters. The summed E-state index contributed by atoms with van der Waals surface area (Å²) in [4.78, 5) is 9.20. The van der Waals surface area contributed by atoms with Gasteiger partial charge in [-0.3, -0.25) is 9.89 Å². The number of hydrogen-bond acceptors (Lipinski definition) is 4. The zero-order valence-electron chi connectivity index (χ0n) is 17.9. The third-order valence-electron chi connectivity index (χ3n) is 6.11. The highest BCUT2D eigenvalue weighted by atomic mass is 19.1. The lowest BCUT2D eigenvalue weighted by atomic mass is 9.94. The Morgan fingerprint density at radius 1 is 1.14 bits per heavy atom. The van der Waals surface area contributed by atoms with Crippen molar-refractivity contribution in [3.63, 3.8) is 0 Å². The zero-order chi connectivity index (χ0) is 20.5. The summed E-state index contributed by atoms with van der Waals surface area (Å²) in [6.45, 7) is 7.31. The highest BCUT2D eigenvalue weighted by molar-refractivity contribution is 5.79. The number of nitrogens with one attached hydrogen (secondary N) is 2. The molecule has 1 aromatic carbocycles. The lowest BCUT2D eigenvalue weighted by molar-refractivity contribution is 0.0170. The van der Waals surface area contributed by atoms with Gasteiger partial charge in [0.15, 0.2) is 5.96 Å². The van der Waals surface area contributed by atoms with Gasteiger partial charge >= 0.3 is 0 Å². The summed E-state index contributed by atoms with van der Waals surface area (Å²) >= 11 is 0. The second-order valence-corrected chi connectivity index (χ2v) is 8.13. The quantitative estimate of drug-likeness (QED) is 0.538. The van der Waals surface area contributed by atoms with Crippen LogP contribution in [0.3, 0.4) is 0 Å². The molecule has 0 aliphatic carbocycles. The van der Waals surface area contributed by atoms with Gasteiger partial charge < -0.3 is 20.3 Å². The first-order valence-corrected chi connectivity index (χ1v) is 10.9. The lowest BCUT2D eigenvalue weighted by Gasteiger charge is -2.35. The molecule has 0 amide bonds. The maximum absolute atomic E-state index is 13.4. The van der Waals surface area contributed by atoms with Crippen molar-refractivity contribution in [2.24, 2.45) is 10.9 Å². The molecule has 29 heavy (non-hydrogen) atoms. The summed E-state index contributed by atoms with van der Waals surface area (Å²) in [7, 11) is 4.01. The highest BCUT2D eigenvalue weighted by Gasteiger charge is 2.23. The fourth-order valence-corrected chi connectivity index (χ4v) is 4.19. The van der Waals surface area contributed by atoms with Gasteiger partial charge in [0.2, 0.25) is 0 Å². The minimum absolute atomic E-state index is 0.159. The Morgan fingerprint density at radius 3 is 2.48 bits per heavy atom. The van der Waals surface area contributed by atoms with E-state index in [0.29, 0.717) is 0 Å². The molecule has 0 aromatic heterocycles. The number of guanidine groups is 1. The van der Waals surface area contributed by atoms with E-state index in [9.17, 15) is 4.39 Å². The van der Waals surface area contributed by atoms with Crippen LogP contribution in [0.15, 0.2) is 29.3 Å². The highest BCUT2D eigenvalue weighted by Crippen LogP contribution is 2.22. The Bertz CT molecular complexity index is 625. The number of ether oxygens (including phenoxy) is 1. The van der Waals surface area contributed by atoms with E-state index in [1.807, 2.05) is 19.2 Å². The first-order valence-electron chi connectivity index (χ1n) is 10.9. The monoisotopic (exact) mass is 405 g/mol. The summed E-state index contributed by atoms with van der Waals surface area (Å²) in [6, 6.07) is 7.00. The van der Waals surface area contributed by atoms with E-state index >= 15 is 0 Å². The molecule has 2 fully saturated rings. The van der Waals surface area contributed by atoms with Crippen LogP contribution in [-0.2, 0) is 4.74 Å². The number of nitrogens with zero attached hydrogens (tertiary/aromatic N) is 3. The van der Waals surface area contributed by atoms with Crippen LogP contribution in [0.4, 0.5) is 4.39 Å². The molecule has 0 radical (unpaired) electrons. The molecule has 2 saturated heterocycles. The number of piperidine rings is 1. The standard InChI is InChI=1S/C22H36FN5O/c1-24-22(25-10-7-18-8-11-27(2)12-9-18)26-17-21(28-13-15-29-16-14-28)19-3-5-20(23)6-4-19/h3-6,18,21H,7-17H2,1-2H3,(H2,24,25,26). The van der Waals surface area contributed by atoms with Gasteiger partial charge in [-0.15, -0.1) is 0 Å². The fourth-order valence-electron chi connectivity index (χ4n) is 4.19. The topological polar surface area (TPSA) is 52.1 Å². The van der Waals surface area contributed by atoms with Crippen molar-refractivity contribution >= 4 is 5.96 Å². The summed E-state index contributed by atoms with van der Waals surface area (Å²) in [6.07, 6.45) is 3.75. The molecule has 3 rings (SSSR count). The summed E-state index contributed by atoms with van der Waals surface area (Å²) in [5, 5.41) is 6.95. The van der Waals surface area contributed by atoms with E-state index < -0.39 is 0 Å². The van der Waals surface area contributed by atoms with Crippen molar-refractivity contribution in [2.45, 2.75) is 25.3 Å². The zero-order valence-corrected chi connectivity index (χ0v) is 17.9. The molecule has 2 aliphatic heterocycles. The van der Waals surface area contributed by atoms with Crippen LogP contribution in [0.5, 0.6) is 0 Å². The van der Waals surface area contributed by atoms with Crippen LogP contribution in [0, 0.1) is 11.7 Å². The van der Waals surface area contributed by atoms with Crippen molar-refractivity contribution in [1.82, 2.24) is 20.4 Å². The predicted octanol–water partition coefficient (Wildman–Crippen LogP) is 2.10. The molecule has 6 nitrogen and oxygen atoms in total. The molecule has 2 aliphatic rings. The van der Waals surface area contributed by atoms with Gasteiger partial charge in [0.05, 0.1) is 19.3 Å². The van der Waals surface area contributed by atoms with Gasteiger partial charge in [0.1, 0.15) is 5.82 Å². The third kappa shape index (κ3) is 6.94. The van der Waals surface area contributed by atoms with E-state index in [-0.39, 0.29) is 11.9 Å². The van der Waals surface area contributed by atoms with Gasteiger partial charge in [-0.2, -0.15) is 0 Å². The molecule has 7 heteroatoms. The molecule has 0 bridgehead atoms. The van der Waals surface area contributed by atoms with Crippen LogP contribution in [-0.4, -0.2) is 82.3 Å². The number of morpholine rings is 1.